The Morgan fingerprint density at radius 2 is 1.93 bits per heavy atom. The maximum atomic E-state index is 13.6. The fourth-order valence-electron chi connectivity index (χ4n) is 5.09. The van der Waals surface area contributed by atoms with Crippen LogP contribution in [0.1, 0.15) is 42.1 Å². The van der Waals surface area contributed by atoms with E-state index < -0.39 is 17.7 Å². The number of carbonyl (C=O) groups excluding carboxylic acids is 2. The van der Waals surface area contributed by atoms with Crippen molar-refractivity contribution >= 4 is 45.7 Å². The minimum absolute atomic E-state index is 0.00995. The molecule has 0 aliphatic carbocycles. The Hall–Kier alpha value is -4.15. The maximum absolute atomic E-state index is 13.6. The number of Topliss-reactive ketones (excluding diaryl/α,β-unsaturated/α-hetero) is 1. The van der Waals surface area contributed by atoms with Gasteiger partial charge in [0.1, 0.15) is 23.4 Å². The van der Waals surface area contributed by atoms with Crippen molar-refractivity contribution in [3.05, 3.63) is 101 Å². The van der Waals surface area contributed by atoms with E-state index in [2.05, 4.69) is 10.2 Å². The molecule has 1 fully saturated rings. The monoisotopic (exact) mass is 585 g/mol. The fraction of sp³-hybridized carbons (Fsp3) is 0.226. The van der Waals surface area contributed by atoms with Crippen molar-refractivity contribution in [2.24, 2.45) is 0 Å². The average molecular weight is 586 g/mol. The second-order valence-electron chi connectivity index (χ2n) is 9.75. The lowest BCUT2D eigenvalue weighted by atomic mass is 9.94. The van der Waals surface area contributed by atoms with Crippen LogP contribution in [-0.2, 0) is 21.8 Å². The molecule has 8 nitrogen and oxygen atoms in total. The highest BCUT2D eigenvalue weighted by atomic mass is 32.2. The number of anilines is 1. The van der Waals surface area contributed by atoms with Gasteiger partial charge in [-0.05, 0) is 60.9 Å². The van der Waals surface area contributed by atoms with Gasteiger partial charge in [-0.2, -0.15) is 0 Å². The first kappa shape index (κ1) is 27.0. The van der Waals surface area contributed by atoms with E-state index in [4.69, 9.17) is 9.47 Å². The molecule has 10 heteroatoms. The summed E-state index contributed by atoms with van der Waals surface area (Å²) in [5.41, 5.74) is 3.13. The van der Waals surface area contributed by atoms with Crippen LogP contribution in [-0.4, -0.2) is 39.7 Å². The molecule has 1 N–H and O–H groups in total. The number of aliphatic hydroxyl groups excluding tert-OH is 1. The molecule has 0 radical (unpaired) electrons. The molecule has 208 valence electrons. The molecule has 0 unspecified atom stereocenters. The Morgan fingerprint density at radius 1 is 1.10 bits per heavy atom. The molecule has 0 bridgehead atoms. The summed E-state index contributed by atoms with van der Waals surface area (Å²) in [5, 5.41) is 20.4. The number of benzene rings is 3. The van der Waals surface area contributed by atoms with Crippen molar-refractivity contribution in [1.82, 2.24) is 10.2 Å². The van der Waals surface area contributed by atoms with E-state index in [9.17, 15) is 14.7 Å². The molecular formula is C31H27N3O5S2. The molecule has 1 aromatic heterocycles. The quantitative estimate of drug-likeness (QED) is 0.0860. The maximum Gasteiger partial charge on any atom is 0.301 e. The summed E-state index contributed by atoms with van der Waals surface area (Å²) in [5.74, 6) is 0.235. The summed E-state index contributed by atoms with van der Waals surface area (Å²) < 4.78 is 12.2. The first-order chi connectivity index (χ1) is 19.9. The van der Waals surface area contributed by atoms with Gasteiger partial charge in [-0.3, -0.25) is 14.5 Å². The van der Waals surface area contributed by atoms with E-state index in [0.717, 1.165) is 16.9 Å². The summed E-state index contributed by atoms with van der Waals surface area (Å²) in [4.78, 5) is 28.5. The Labute approximate surface area is 245 Å². The van der Waals surface area contributed by atoms with Crippen LogP contribution in [0.5, 0.6) is 11.5 Å². The summed E-state index contributed by atoms with van der Waals surface area (Å²) in [6.07, 6.45) is 0.722. The average Bonchev–Trinajstić information content (AvgIpc) is 3.67. The summed E-state index contributed by atoms with van der Waals surface area (Å²) in [6, 6.07) is 21.6. The number of hydrogen-bond donors (Lipinski definition) is 1. The van der Waals surface area contributed by atoms with Crippen LogP contribution in [0, 0.1) is 0 Å². The van der Waals surface area contributed by atoms with Gasteiger partial charge in [0.25, 0.3) is 5.78 Å². The van der Waals surface area contributed by atoms with E-state index in [1.165, 1.54) is 28.0 Å². The lowest BCUT2D eigenvalue weighted by Crippen LogP contribution is -2.29. The Morgan fingerprint density at radius 3 is 2.73 bits per heavy atom. The molecule has 1 amide bonds. The number of hydrogen-bond acceptors (Lipinski definition) is 9. The number of thioether (sulfide) groups is 1. The summed E-state index contributed by atoms with van der Waals surface area (Å²) in [6.45, 7) is 4.32. The van der Waals surface area contributed by atoms with Crippen molar-refractivity contribution in [3.8, 4) is 11.5 Å². The van der Waals surface area contributed by atoms with Crippen molar-refractivity contribution in [2.75, 3.05) is 11.5 Å². The molecule has 0 spiro atoms. The van der Waals surface area contributed by atoms with Crippen LogP contribution >= 0.6 is 23.1 Å². The Balaban J connectivity index is 1.41. The predicted molar refractivity (Wildman–Crippen MR) is 159 cm³/mol. The zero-order valence-electron chi connectivity index (χ0n) is 22.4. The molecule has 2 aliphatic heterocycles. The second kappa shape index (κ2) is 11.4. The van der Waals surface area contributed by atoms with Gasteiger partial charge < -0.3 is 14.6 Å². The minimum atomic E-state index is -0.918. The van der Waals surface area contributed by atoms with E-state index >= 15 is 0 Å². The molecule has 2 atom stereocenters. The van der Waals surface area contributed by atoms with E-state index in [1.807, 2.05) is 62.4 Å². The minimum Gasteiger partial charge on any atom is -0.507 e. The summed E-state index contributed by atoms with van der Waals surface area (Å²) in [7, 11) is 0. The lowest BCUT2D eigenvalue weighted by Gasteiger charge is -2.23. The standard InChI is InChI=1S/C31H27N3O5S2/c1-3-38-23-11-7-10-20(16-23)26-25(27(35)21-12-13-24-22(15-21)14-18(2)39-24)28(36)29(37)34(26)30-32-33-31(41-30)40-17-19-8-5-4-6-9-19/h4-13,15-16,18,26,35H,3,14,17H2,1-2H3/b27-25+/t18-,26-/m0/s1. The van der Waals surface area contributed by atoms with Gasteiger partial charge in [0.05, 0.1) is 18.2 Å². The van der Waals surface area contributed by atoms with Crippen LogP contribution in [0.3, 0.4) is 0 Å². The van der Waals surface area contributed by atoms with E-state index in [0.29, 0.717) is 40.0 Å². The summed E-state index contributed by atoms with van der Waals surface area (Å²) >= 11 is 2.74. The third-order valence-corrected chi connectivity index (χ3v) is 9.03. The molecule has 3 aromatic carbocycles. The zero-order valence-corrected chi connectivity index (χ0v) is 24.1. The molecule has 2 aliphatic rings. The van der Waals surface area contributed by atoms with Crippen LogP contribution in [0.15, 0.2) is 82.7 Å². The highest BCUT2D eigenvalue weighted by Gasteiger charge is 2.48. The van der Waals surface area contributed by atoms with Crippen molar-refractivity contribution in [2.45, 2.75) is 42.5 Å². The predicted octanol–water partition coefficient (Wildman–Crippen LogP) is 6.18. The third kappa shape index (κ3) is 5.32. The van der Waals surface area contributed by atoms with Crippen molar-refractivity contribution in [3.63, 3.8) is 0 Å². The number of carbonyl (C=O) groups is 2. The normalized spacial score (nSPS) is 19.3. The number of nitrogens with zero attached hydrogens (tertiary/aromatic N) is 3. The van der Waals surface area contributed by atoms with Crippen LogP contribution in [0.25, 0.3) is 5.76 Å². The number of amides is 1. The van der Waals surface area contributed by atoms with Gasteiger partial charge in [0.2, 0.25) is 5.13 Å². The van der Waals surface area contributed by atoms with Gasteiger partial charge in [0, 0.05) is 17.7 Å². The van der Waals surface area contributed by atoms with Gasteiger partial charge in [-0.1, -0.05) is 65.6 Å². The fourth-order valence-corrected chi connectivity index (χ4v) is 6.91. The second-order valence-corrected chi connectivity index (χ2v) is 11.9. The molecule has 3 heterocycles. The Bertz CT molecular complexity index is 1650. The topological polar surface area (TPSA) is 102 Å². The van der Waals surface area contributed by atoms with Gasteiger partial charge in [-0.15, -0.1) is 10.2 Å². The van der Waals surface area contributed by atoms with Crippen molar-refractivity contribution in [1.29, 1.82) is 0 Å². The molecule has 6 rings (SSSR count). The number of ketones is 1. The molecule has 41 heavy (non-hydrogen) atoms. The number of rotatable bonds is 8. The highest BCUT2D eigenvalue weighted by Crippen LogP contribution is 2.45. The van der Waals surface area contributed by atoms with Gasteiger partial charge in [0.15, 0.2) is 4.34 Å². The third-order valence-electron chi connectivity index (χ3n) is 6.91. The Kier molecular flexibility index (Phi) is 7.51. The SMILES string of the molecule is CCOc1cccc([C@H]2/C(=C(\O)c3ccc4c(c3)C[C@H](C)O4)C(=O)C(=O)N2c2nnc(SCc3ccccc3)s2)c1. The van der Waals surface area contributed by atoms with Crippen LogP contribution in [0.4, 0.5) is 5.13 Å². The van der Waals surface area contributed by atoms with Crippen molar-refractivity contribution < 1.29 is 24.2 Å². The van der Waals surface area contributed by atoms with Gasteiger partial charge in [-0.25, -0.2) is 0 Å². The first-order valence-corrected chi connectivity index (χ1v) is 15.1. The number of aromatic nitrogens is 2. The highest BCUT2D eigenvalue weighted by molar-refractivity contribution is 8.00. The number of aliphatic hydroxyl groups is 1. The number of ether oxygens (including phenoxy) is 2. The van der Waals surface area contributed by atoms with Gasteiger partial charge >= 0.3 is 5.91 Å². The van der Waals surface area contributed by atoms with E-state index in [-0.39, 0.29) is 22.6 Å². The lowest BCUT2D eigenvalue weighted by molar-refractivity contribution is -0.132. The zero-order chi connectivity index (χ0) is 28.5. The molecule has 0 saturated carbocycles. The smallest absolute Gasteiger partial charge is 0.301 e. The first-order valence-electron chi connectivity index (χ1n) is 13.3. The molecule has 1 saturated heterocycles. The molecular weight excluding hydrogens is 558 g/mol. The largest absolute Gasteiger partial charge is 0.507 e. The van der Waals surface area contributed by atoms with Crippen LogP contribution in [0.2, 0.25) is 0 Å². The van der Waals surface area contributed by atoms with Crippen LogP contribution < -0.4 is 14.4 Å². The molecule has 4 aromatic rings. The van der Waals surface area contributed by atoms with E-state index in [1.54, 1.807) is 24.3 Å². The number of fused-ring (bicyclic) bond motifs is 1.